The van der Waals surface area contributed by atoms with E-state index in [1.54, 1.807) is 11.8 Å². The maximum Gasteiger partial charge on any atom is 0.407 e. The zero-order valence-corrected chi connectivity index (χ0v) is 20.4. The van der Waals surface area contributed by atoms with Crippen LogP contribution in [0.5, 0.6) is 0 Å². The third kappa shape index (κ3) is 5.19. The van der Waals surface area contributed by atoms with Gasteiger partial charge < -0.3 is 20.1 Å². The van der Waals surface area contributed by atoms with Crippen LogP contribution in [0.1, 0.15) is 63.0 Å². The molecule has 3 atom stereocenters. The number of carbonyl (C=O) groups excluding carboxylic acids is 2. The molecule has 7 nitrogen and oxygen atoms in total. The summed E-state index contributed by atoms with van der Waals surface area (Å²) in [5.74, 6) is -1.76. The van der Waals surface area contributed by atoms with E-state index in [1.165, 1.54) is 0 Å². The molecule has 186 valence electrons. The van der Waals surface area contributed by atoms with Gasteiger partial charge in [0.2, 0.25) is 5.91 Å². The number of amides is 2. The van der Waals surface area contributed by atoms with Crippen LogP contribution in [0.4, 0.5) is 4.79 Å². The lowest BCUT2D eigenvalue weighted by atomic mass is 9.89. The van der Waals surface area contributed by atoms with Crippen LogP contribution in [-0.4, -0.2) is 53.2 Å². The van der Waals surface area contributed by atoms with E-state index < -0.39 is 30.1 Å². The van der Waals surface area contributed by atoms with Crippen LogP contribution in [0.25, 0.3) is 11.1 Å². The average molecular weight is 479 g/mol. The molecule has 1 aliphatic carbocycles. The highest BCUT2D eigenvalue weighted by Gasteiger charge is 2.38. The number of ether oxygens (including phenoxy) is 1. The second kappa shape index (κ2) is 10.9. The Labute approximate surface area is 206 Å². The van der Waals surface area contributed by atoms with Crippen molar-refractivity contribution in [2.24, 2.45) is 5.92 Å². The van der Waals surface area contributed by atoms with Crippen LogP contribution in [0.3, 0.4) is 0 Å². The summed E-state index contributed by atoms with van der Waals surface area (Å²) >= 11 is 0. The summed E-state index contributed by atoms with van der Waals surface area (Å²) in [6, 6.07) is 15.1. The number of benzene rings is 2. The molecule has 1 saturated heterocycles. The highest BCUT2D eigenvalue weighted by atomic mass is 16.5. The summed E-state index contributed by atoms with van der Waals surface area (Å²) in [5, 5.41) is 12.3. The maximum atomic E-state index is 13.4. The molecule has 1 aliphatic heterocycles. The minimum Gasteiger partial charge on any atom is -0.481 e. The van der Waals surface area contributed by atoms with Crippen molar-refractivity contribution >= 4 is 18.0 Å². The summed E-state index contributed by atoms with van der Waals surface area (Å²) < 4.78 is 5.66. The molecule has 0 radical (unpaired) electrons. The first-order chi connectivity index (χ1) is 16.9. The summed E-state index contributed by atoms with van der Waals surface area (Å²) in [4.78, 5) is 39.4. The highest BCUT2D eigenvalue weighted by molar-refractivity contribution is 5.87. The largest absolute Gasteiger partial charge is 0.481 e. The van der Waals surface area contributed by atoms with Crippen molar-refractivity contribution in [2.75, 3.05) is 13.2 Å². The number of rotatable bonds is 8. The third-order valence-electron chi connectivity index (χ3n) is 7.37. The van der Waals surface area contributed by atoms with Crippen LogP contribution in [0.15, 0.2) is 48.5 Å². The number of nitrogens with one attached hydrogen (secondary N) is 1. The van der Waals surface area contributed by atoms with Gasteiger partial charge in [0.25, 0.3) is 0 Å². The van der Waals surface area contributed by atoms with E-state index in [4.69, 9.17) is 4.74 Å². The fraction of sp³-hybridized carbons (Fsp3) is 0.464. The van der Waals surface area contributed by atoms with Gasteiger partial charge >= 0.3 is 12.1 Å². The Morgan fingerprint density at radius 2 is 1.71 bits per heavy atom. The van der Waals surface area contributed by atoms with Crippen LogP contribution in [0.2, 0.25) is 0 Å². The van der Waals surface area contributed by atoms with E-state index in [-0.39, 0.29) is 18.4 Å². The molecular weight excluding hydrogens is 444 g/mol. The van der Waals surface area contributed by atoms with Crippen LogP contribution in [-0.2, 0) is 14.3 Å². The number of unbranched alkanes of at least 4 members (excludes halogenated alkanes) is 1. The second-order valence-corrected chi connectivity index (χ2v) is 9.52. The normalized spacial score (nSPS) is 20.0. The van der Waals surface area contributed by atoms with E-state index in [0.29, 0.717) is 25.8 Å². The van der Waals surface area contributed by atoms with Crippen LogP contribution >= 0.6 is 0 Å². The molecular formula is C28H34N2O5. The molecule has 2 aromatic rings. The number of carboxylic acid groups (broad SMARTS) is 1. The number of nitrogens with zero attached hydrogens (tertiary/aromatic N) is 1. The predicted octanol–water partition coefficient (Wildman–Crippen LogP) is 4.80. The van der Waals surface area contributed by atoms with E-state index in [1.807, 2.05) is 31.2 Å². The number of alkyl carbamates (subject to hydrolysis) is 1. The molecule has 2 N–H and O–H groups in total. The molecule has 0 saturated carbocycles. The number of piperidine rings is 1. The molecule has 0 bridgehead atoms. The Hall–Kier alpha value is -3.35. The standard InChI is InChI=1S/C28H34N2O5/c1-3-4-15-25(26(31)30-16-9-14-19(18(30)2)27(32)33)29-28(34)35-17-24-22-12-7-5-10-20(22)21-11-6-8-13-23(21)24/h5-8,10-13,18-19,24-25H,3-4,9,14-17H2,1-2H3,(H,29,34)(H,32,33)/t18-,19-,25-/m0/s1. The lowest BCUT2D eigenvalue weighted by Gasteiger charge is -2.39. The molecule has 1 fully saturated rings. The Morgan fingerprint density at radius 1 is 1.09 bits per heavy atom. The molecule has 2 aliphatic rings. The maximum absolute atomic E-state index is 13.4. The minimum atomic E-state index is -0.885. The molecule has 35 heavy (non-hydrogen) atoms. The van der Waals surface area contributed by atoms with E-state index in [0.717, 1.165) is 35.1 Å². The molecule has 7 heteroatoms. The van der Waals surface area contributed by atoms with Crippen molar-refractivity contribution in [2.45, 2.75) is 64.0 Å². The highest BCUT2D eigenvalue weighted by Crippen LogP contribution is 2.44. The van der Waals surface area contributed by atoms with Gasteiger partial charge in [0.05, 0.1) is 5.92 Å². The number of hydrogen-bond acceptors (Lipinski definition) is 4. The van der Waals surface area contributed by atoms with Gasteiger partial charge in [-0.1, -0.05) is 68.3 Å². The molecule has 1 heterocycles. The van der Waals surface area contributed by atoms with Gasteiger partial charge in [-0.25, -0.2) is 4.79 Å². The van der Waals surface area contributed by atoms with Gasteiger partial charge in [-0.05, 0) is 48.4 Å². The van der Waals surface area contributed by atoms with E-state index in [2.05, 4.69) is 29.6 Å². The molecule has 0 unspecified atom stereocenters. The Morgan fingerprint density at radius 3 is 2.31 bits per heavy atom. The zero-order valence-electron chi connectivity index (χ0n) is 20.4. The lowest BCUT2D eigenvalue weighted by Crippen LogP contribution is -2.56. The fourth-order valence-corrected chi connectivity index (χ4v) is 5.43. The lowest BCUT2D eigenvalue weighted by molar-refractivity contribution is -0.149. The second-order valence-electron chi connectivity index (χ2n) is 9.52. The predicted molar refractivity (Wildman–Crippen MR) is 133 cm³/mol. The first-order valence-electron chi connectivity index (χ1n) is 12.6. The molecule has 2 amide bonds. The molecule has 0 spiro atoms. The van der Waals surface area contributed by atoms with Crippen molar-refractivity contribution in [3.05, 3.63) is 59.7 Å². The van der Waals surface area contributed by atoms with Gasteiger partial charge in [0.1, 0.15) is 12.6 Å². The van der Waals surface area contributed by atoms with E-state index in [9.17, 15) is 19.5 Å². The van der Waals surface area contributed by atoms with Crippen LogP contribution < -0.4 is 5.32 Å². The summed E-state index contributed by atoms with van der Waals surface area (Å²) in [7, 11) is 0. The van der Waals surface area contributed by atoms with Crippen molar-refractivity contribution in [3.63, 3.8) is 0 Å². The van der Waals surface area contributed by atoms with Gasteiger partial charge in [-0.2, -0.15) is 0 Å². The first kappa shape index (κ1) is 24.8. The SMILES string of the molecule is CCCC[C@H](NC(=O)OCC1c2ccccc2-c2ccccc21)C(=O)N1CCC[C@H](C(=O)O)[C@@H]1C. The Bertz CT molecular complexity index is 1040. The van der Waals surface area contributed by atoms with E-state index >= 15 is 0 Å². The van der Waals surface area contributed by atoms with Crippen molar-refractivity contribution in [1.29, 1.82) is 0 Å². The number of hydrogen-bond donors (Lipinski definition) is 2. The van der Waals surface area contributed by atoms with Gasteiger partial charge in [-0.3, -0.25) is 9.59 Å². The molecule has 2 aromatic carbocycles. The average Bonchev–Trinajstić information content (AvgIpc) is 3.18. The zero-order chi connectivity index (χ0) is 24.9. The molecule has 0 aromatic heterocycles. The smallest absolute Gasteiger partial charge is 0.407 e. The topological polar surface area (TPSA) is 95.9 Å². The number of carboxylic acids is 1. The minimum absolute atomic E-state index is 0.0589. The molecule has 4 rings (SSSR count). The quantitative estimate of drug-likeness (QED) is 0.568. The van der Waals surface area contributed by atoms with Crippen molar-refractivity contribution in [1.82, 2.24) is 10.2 Å². The Kier molecular flexibility index (Phi) is 7.73. The number of aliphatic carboxylic acids is 1. The fourth-order valence-electron chi connectivity index (χ4n) is 5.43. The first-order valence-corrected chi connectivity index (χ1v) is 12.6. The summed E-state index contributed by atoms with van der Waals surface area (Å²) in [6.45, 7) is 4.48. The van der Waals surface area contributed by atoms with Crippen molar-refractivity contribution < 1.29 is 24.2 Å². The monoisotopic (exact) mass is 478 g/mol. The summed E-state index contributed by atoms with van der Waals surface area (Å²) in [6.07, 6.45) is 2.70. The van der Waals surface area contributed by atoms with Crippen LogP contribution in [0, 0.1) is 5.92 Å². The van der Waals surface area contributed by atoms with Gasteiger partial charge in [0, 0.05) is 18.5 Å². The number of carbonyl (C=O) groups is 3. The van der Waals surface area contributed by atoms with Crippen molar-refractivity contribution in [3.8, 4) is 11.1 Å². The number of fused-ring (bicyclic) bond motifs is 3. The number of likely N-dealkylation sites (tertiary alicyclic amines) is 1. The third-order valence-corrected chi connectivity index (χ3v) is 7.37. The summed E-state index contributed by atoms with van der Waals surface area (Å²) in [5.41, 5.74) is 4.56. The van der Waals surface area contributed by atoms with Gasteiger partial charge in [-0.15, -0.1) is 0 Å². The van der Waals surface area contributed by atoms with Gasteiger partial charge in [0.15, 0.2) is 0 Å². The Balaban J connectivity index is 1.43.